The van der Waals surface area contributed by atoms with Gasteiger partial charge in [0.25, 0.3) is 0 Å². The summed E-state index contributed by atoms with van der Waals surface area (Å²) in [5, 5.41) is 3.08. The van der Waals surface area contributed by atoms with Gasteiger partial charge in [-0.15, -0.1) is 0 Å². The lowest BCUT2D eigenvalue weighted by Gasteiger charge is -2.20. The Bertz CT molecular complexity index is 542. The number of pyridine rings is 1. The molecule has 100 valence electrons. The molecule has 2 rings (SSSR count). The van der Waals surface area contributed by atoms with Crippen LogP contribution in [0.15, 0.2) is 42.6 Å². The Morgan fingerprint density at radius 1 is 1.26 bits per heavy atom. The van der Waals surface area contributed by atoms with E-state index in [2.05, 4.69) is 15.2 Å². The maximum Gasteiger partial charge on any atom is 0.123 e. The molecule has 0 aliphatic rings. The molecule has 0 saturated heterocycles. The van der Waals surface area contributed by atoms with E-state index < -0.39 is 0 Å². The van der Waals surface area contributed by atoms with E-state index in [1.807, 2.05) is 32.3 Å². The molecule has 0 unspecified atom stereocenters. The Morgan fingerprint density at radius 3 is 2.84 bits per heavy atom. The molecule has 0 aliphatic carbocycles. The van der Waals surface area contributed by atoms with E-state index in [1.54, 1.807) is 18.3 Å². The first-order chi connectivity index (χ1) is 9.19. The predicted molar refractivity (Wildman–Crippen MR) is 75.5 cm³/mol. The van der Waals surface area contributed by atoms with Gasteiger partial charge in [-0.2, -0.15) is 0 Å². The molecular formula is C15H18FN3. The molecule has 19 heavy (non-hydrogen) atoms. The smallest absolute Gasteiger partial charge is 0.123 e. The molecule has 2 aromatic rings. The third-order valence-electron chi connectivity index (χ3n) is 2.91. The van der Waals surface area contributed by atoms with E-state index in [9.17, 15) is 4.39 Å². The van der Waals surface area contributed by atoms with E-state index >= 15 is 0 Å². The number of nitrogens with one attached hydrogen (secondary N) is 1. The molecule has 3 nitrogen and oxygen atoms in total. The zero-order valence-corrected chi connectivity index (χ0v) is 11.2. The van der Waals surface area contributed by atoms with Crippen LogP contribution in [0.4, 0.5) is 10.1 Å². The van der Waals surface area contributed by atoms with E-state index in [4.69, 9.17) is 0 Å². The van der Waals surface area contributed by atoms with Crippen LogP contribution in [0.25, 0.3) is 0 Å². The average molecular weight is 259 g/mol. The topological polar surface area (TPSA) is 28.2 Å². The Morgan fingerprint density at radius 2 is 2.11 bits per heavy atom. The van der Waals surface area contributed by atoms with Crippen LogP contribution in [0.5, 0.6) is 0 Å². The fourth-order valence-electron chi connectivity index (χ4n) is 1.98. The maximum absolute atomic E-state index is 13.1. The zero-order valence-electron chi connectivity index (χ0n) is 11.2. The summed E-state index contributed by atoms with van der Waals surface area (Å²) in [7, 11) is 3.88. The molecule has 0 amide bonds. The Labute approximate surface area is 113 Å². The largest absolute Gasteiger partial charge is 0.370 e. The minimum Gasteiger partial charge on any atom is -0.370 e. The summed E-state index contributed by atoms with van der Waals surface area (Å²) in [5.41, 5.74) is 3.02. The molecule has 0 saturated carbocycles. The fraction of sp³-hybridized carbons (Fsp3) is 0.267. The van der Waals surface area contributed by atoms with Gasteiger partial charge in [0.1, 0.15) is 5.82 Å². The first kappa shape index (κ1) is 13.5. The summed E-state index contributed by atoms with van der Waals surface area (Å²) >= 11 is 0. The van der Waals surface area contributed by atoms with Gasteiger partial charge in [0.05, 0.1) is 5.69 Å². The summed E-state index contributed by atoms with van der Waals surface area (Å²) in [6.07, 6.45) is 1.80. The molecule has 4 heteroatoms. The lowest BCUT2D eigenvalue weighted by Crippen LogP contribution is -2.17. The van der Waals surface area contributed by atoms with Gasteiger partial charge in [0.15, 0.2) is 0 Å². The SMILES string of the molecule is CNCc1cc(N(C)Cc2cccc(F)c2)ccn1. The molecule has 0 aliphatic heterocycles. The summed E-state index contributed by atoms with van der Waals surface area (Å²) < 4.78 is 13.1. The predicted octanol–water partition coefficient (Wildman–Crippen LogP) is 2.58. The van der Waals surface area contributed by atoms with Crippen LogP contribution < -0.4 is 10.2 Å². The van der Waals surface area contributed by atoms with Crippen LogP contribution in [0.2, 0.25) is 0 Å². The van der Waals surface area contributed by atoms with Crippen molar-refractivity contribution in [3.05, 3.63) is 59.7 Å². The highest BCUT2D eigenvalue weighted by Crippen LogP contribution is 2.16. The first-order valence-corrected chi connectivity index (χ1v) is 6.24. The van der Waals surface area contributed by atoms with Crippen LogP contribution >= 0.6 is 0 Å². The molecular weight excluding hydrogens is 241 g/mol. The second-order valence-corrected chi connectivity index (χ2v) is 4.52. The van der Waals surface area contributed by atoms with Gasteiger partial charge < -0.3 is 10.2 Å². The Kier molecular flexibility index (Phi) is 4.47. The molecule has 0 fully saturated rings. The van der Waals surface area contributed by atoms with Gasteiger partial charge in [0, 0.05) is 32.0 Å². The van der Waals surface area contributed by atoms with Gasteiger partial charge in [-0.25, -0.2) is 4.39 Å². The molecule has 0 radical (unpaired) electrons. The number of hydrogen-bond acceptors (Lipinski definition) is 3. The number of anilines is 1. The van der Waals surface area contributed by atoms with Gasteiger partial charge in [0.2, 0.25) is 0 Å². The van der Waals surface area contributed by atoms with Crippen LogP contribution in [-0.4, -0.2) is 19.1 Å². The van der Waals surface area contributed by atoms with E-state index in [-0.39, 0.29) is 5.82 Å². The van der Waals surface area contributed by atoms with Crippen molar-refractivity contribution >= 4 is 5.69 Å². The second kappa shape index (κ2) is 6.29. The fourth-order valence-corrected chi connectivity index (χ4v) is 1.98. The van der Waals surface area contributed by atoms with E-state index in [0.717, 1.165) is 23.5 Å². The summed E-state index contributed by atoms with van der Waals surface area (Å²) in [6, 6.07) is 10.7. The summed E-state index contributed by atoms with van der Waals surface area (Å²) in [6.45, 7) is 1.41. The van der Waals surface area contributed by atoms with Gasteiger partial charge in [-0.1, -0.05) is 12.1 Å². The minimum atomic E-state index is -0.198. The molecule has 0 spiro atoms. The first-order valence-electron chi connectivity index (χ1n) is 6.24. The van der Waals surface area contributed by atoms with E-state index in [0.29, 0.717) is 6.54 Å². The van der Waals surface area contributed by atoms with Crippen molar-refractivity contribution in [2.45, 2.75) is 13.1 Å². The number of rotatable bonds is 5. The normalized spacial score (nSPS) is 10.5. The lowest BCUT2D eigenvalue weighted by atomic mass is 10.2. The summed E-state index contributed by atoms with van der Waals surface area (Å²) in [4.78, 5) is 6.36. The maximum atomic E-state index is 13.1. The quantitative estimate of drug-likeness (QED) is 0.894. The highest BCUT2D eigenvalue weighted by atomic mass is 19.1. The molecule has 1 aromatic carbocycles. The van der Waals surface area contributed by atoms with Gasteiger partial charge in [-0.3, -0.25) is 4.98 Å². The molecule has 1 heterocycles. The molecule has 0 atom stereocenters. The molecule has 0 bridgehead atoms. The van der Waals surface area contributed by atoms with E-state index in [1.165, 1.54) is 6.07 Å². The van der Waals surface area contributed by atoms with Crippen LogP contribution in [0.1, 0.15) is 11.3 Å². The Hall–Kier alpha value is -1.94. The minimum absolute atomic E-state index is 0.198. The van der Waals surface area contributed by atoms with Crippen LogP contribution in [0.3, 0.4) is 0 Å². The van der Waals surface area contributed by atoms with Crippen LogP contribution in [0, 0.1) is 5.82 Å². The van der Waals surface area contributed by atoms with Crippen molar-refractivity contribution in [2.24, 2.45) is 0 Å². The van der Waals surface area contributed by atoms with Crippen LogP contribution in [-0.2, 0) is 13.1 Å². The second-order valence-electron chi connectivity index (χ2n) is 4.52. The highest BCUT2D eigenvalue weighted by Gasteiger charge is 2.04. The Balaban J connectivity index is 2.11. The molecule has 1 N–H and O–H groups in total. The third kappa shape index (κ3) is 3.76. The number of aromatic nitrogens is 1. The average Bonchev–Trinajstić information content (AvgIpc) is 2.39. The molecule has 1 aromatic heterocycles. The van der Waals surface area contributed by atoms with Gasteiger partial charge >= 0.3 is 0 Å². The third-order valence-corrected chi connectivity index (χ3v) is 2.91. The monoisotopic (exact) mass is 259 g/mol. The standard InChI is InChI=1S/C15H18FN3/c1-17-10-14-9-15(6-7-18-14)19(2)11-12-4-3-5-13(16)8-12/h3-9,17H,10-11H2,1-2H3. The number of hydrogen-bond donors (Lipinski definition) is 1. The van der Waals surface area contributed by atoms with Crippen molar-refractivity contribution in [3.63, 3.8) is 0 Å². The van der Waals surface area contributed by atoms with Gasteiger partial charge in [-0.05, 0) is 36.9 Å². The highest BCUT2D eigenvalue weighted by molar-refractivity contribution is 5.46. The zero-order chi connectivity index (χ0) is 13.7. The van der Waals surface area contributed by atoms with Crippen molar-refractivity contribution in [3.8, 4) is 0 Å². The number of halogens is 1. The van der Waals surface area contributed by atoms with Crippen molar-refractivity contribution in [2.75, 3.05) is 19.0 Å². The number of nitrogens with zero attached hydrogens (tertiary/aromatic N) is 2. The number of benzene rings is 1. The van der Waals surface area contributed by atoms with Crippen molar-refractivity contribution in [1.82, 2.24) is 10.3 Å². The summed E-state index contributed by atoms with van der Waals surface area (Å²) in [5.74, 6) is -0.198. The van der Waals surface area contributed by atoms with Crippen molar-refractivity contribution < 1.29 is 4.39 Å². The lowest BCUT2D eigenvalue weighted by molar-refractivity contribution is 0.625. The van der Waals surface area contributed by atoms with Crippen molar-refractivity contribution in [1.29, 1.82) is 0 Å².